The fourth-order valence-corrected chi connectivity index (χ4v) is 0.543. The van der Waals surface area contributed by atoms with Gasteiger partial charge in [-0.05, 0) is 13.8 Å². The molecular formula is C10H20O5. The maximum atomic E-state index is 10.4. The van der Waals surface area contributed by atoms with Gasteiger partial charge in [-0.1, -0.05) is 0 Å². The van der Waals surface area contributed by atoms with Gasteiger partial charge in [0.2, 0.25) is 0 Å². The number of carbonyl (C=O) groups is 2. The van der Waals surface area contributed by atoms with E-state index in [1.165, 1.54) is 6.92 Å². The van der Waals surface area contributed by atoms with Crippen LogP contribution in [0.2, 0.25) is 0 Å². The van der Waals surface area contributed by atoms with Gasteiger partial charge in [-0.3, -0.25) is 9.59 Å². The number of esters is 1. The molecule has 90 valence electrons. The molecule has 0 rings (SSSR count). The van der Waals surface area contributed by atoms with E-state index in [0.29, 0.717) is 6.61 Å². The van der Waals surface area contributed by atoms with Crippen LogP contribution in [0.1, 0.15) is 34.1 Å². The summed E-state index contributed by atoms with van der Waals surface area (Å²) in [6, 6.07) is 0. The van der Waals surface area contributed by atoms with Crippen molar-refractivity contribution in [3.8, 4) is 0 Å². The van der Waals surface area contributed by atoms with Crippen molar-refractivity contribution in [1.29, 1.82) is 0 Å². The zero-order chi connectivity index (χ0) is 12.5. The highest BCUT2D eigenvalue weighted by atomic mass is 16.5. The van der Waals surface area contributed by atoms with Crippen LogP contribution in [0.3, 0.4) is 0 Å². The van der Waals surface area contributed by atoms with Gasteiger partial charge in [-0.2, -0.15) is 0 Å². The summed E-state index contributed by atoms with van der Waals surface area (Å²) in [7, 11) is 1.65. The molecular weight excluding hydrogens is 200 g/mol. The minimum Gasteiger partial charge on any atom is -0.481 e. The molecule has 0 radical (unpaired) electrons. The molecule has 0 atom stereocenters. The first-order chi connectivity index (χ1) is 6.71. The van der Waals surface area contributed by atoms with Crippen molar-refractivity contribution in [3.05, 3.63) is 0 Å². The third-order valence-corrected chi connectivity index (χ3v) is 1.56. The molecule has 0 aliphatic rings. The van der Waals surface area contributed by atoms with Crippen LogP contribution >= 0.6 is 0 Å². The normalized spacial score (nSPS) is 9.93. The number of aliphatic carboxylic acids is 1. The summed E-state index contributed by atoms with van der Waals surface area (Å²) in [5.41, 5.74) is -0.199. The second-order valence-electron chi connectivity index (χ2n) is 3.57. The average Bonchev–Trinajstić information content (AvgIpc) is 2.02. The molecule has 0 amide bonds. The van der Waals surface area contributed by atoms with E-state index < -0.39 is 5.97 Å². The number of hydrogen-bond donors (Lipinski definition) is 1. The Morgan fingerprint density at radius 2 is 1.67 bits per heavy atom. The number of hydrogen-bond acceptors (Lipinski definition) is 4. The van der Waals surface area contributed by atoms with Crippen LogP contribution in [0.4, 0.5) is 0 Å². The molecule has 0 aromatic carbocycles. The highest BCUT2D eigenvalue weighted by Gasteiger charge is 2.15. The van der Waals surface area contributed by atoms with Gasteiger partial charge in [-0.15, -0.1) is 0 Å². The number of methoxy groups -OCH3 is 1. The van der Waals surface area contributed by atoms with Gasteiger partial charge >= 0.3 is 5.97 Å². The van der Waals surface area contributed by atoms with Crippen molar-refractivity contribution in [2.45, 2.75) is 39.7 Å². The molecule has 5 heteroatoms. The predicted molar refractivity (Wildman–Crippen MR) is 55.6 cm³/mol. The molecule has 0 aliphatic heterocycles. The minimum absolute atomic E-state index is 0.199. The molecule has 0 saturated heterocycles. The molecule has 0 aromatic heterocycles. The number of ether oxygens (including phenoxy) is 2. The third kappa shape index (κ3) is 19.3. The summed E-state index contributed by atoms with van der Waals surface area (Å²) in [6.07, 6.45) is 0.725. The lowest BCUT2D eigenvalue weighted by Gasteiger charge is -2.21. The monoisotopic (exact) mass is 220 g/mol. The van der Waals surface area contributed by atoms with E-state index in [0.717, 1.165) is 13.3 Å². The lowest BCUT2D eigenvalue weighted by Crippen LogP contribution is -2.24. The van der Waals surface area contributed by atoms with E-state index in [1.54, 1.807) is 7.11 Å². The lowest BCUT2D eigenvalue weighted by atomic mass is 10.1. The van der Waals surface area contributed by atoms with Crippen LogP contribution < -0.4 is 0 Å². The lowest BCUT2D eigenvalue weighted by molar-refractivity contribution is -0.142. The summed E-state index contributed by atoms with van der Waals surface area (Å²) in [5.74, 6) is -1.07. The van der Waals surface area contributed by atoms with E-state index in [1.807, 2.05) is 13.8 Å². The van der Waals surface area contributed by atoms with E-state index in [-0.39, 0.29) is 11.6 Å². The van der Waals surface area contributed by atoms with Crippen LogP contribution in [0, 0.1) is 0 Å². The second-order valence-corrected chi connectivity index (χ2v) is 3.57. The van der Waals surface area contributed by atoms with Crippen LogP contribution in [0.25, 0.3) is 0 Å². The fraction of sp³-hybridized carbons (Fsp3) is 0.800. The predicted octanol–water partition coefficient (Wildman–Crippen LogP) is 1.46. The Kier molecular flexibility index (Phi) is 8.96. The Labute approximate surface area is 90.4 Å². The summed E-state index contributed by atoms with van der Waals surface area (Å²) in [6.45, 7) is 6.82. The fourth-order valence-electron chi connectivity index (χ4n) is 0.543. The summed E-state index contributed by atoms with van der Waals surface area (Å²) < 4.78 is 9.89. The molecule has 0 bridgehead atoms. The molecule has 15 heavy (non-hydrogen) atoms. The van der Waals surface area contributed by atoms with Crippen LogP contribution in [-0.2, 0) is 19.1 Å². The molecule has 5 nitrogen and oxygen atoms in total. The van der Waals surface area contributed by atoms with Gasteiger partial charge in [0.05, 0.1) is 12.2 Å². The van der Waals surface area contributed by atoms with Crippen molar-refractivity contribution in [2.75, 3.05) is 13.7 Å². The van der Waals surface area contributed by atoms with Crippen molar-refractivity contribution in [1.82, 2.24) is 0 Å². The van der Waals surface area contributed by atoms with E-state index in [9.17, 15) is 4.79 Å². The summed E-state index contributed by atoms with van der Waals surface area (Å²) in [4.78, 5) is 19.4. The van der Waals surface area contributed by atoms with Gasteiger partial charge < -0.3 is 14.6 Å². The summed E-state index contributed by atoms with van der Waals surface area (Å²) in [5, 5.41) is 7.42. The number of carbonyl (C=O) groups excluding carboxylic acids is 1. The van der Waals surface area contributed by atoms with Crippen molar-refractivity contribution < 1.29 is 24.2 Å². The molecule has 0 aliphatic carbocycles. The standard InChI is InChI=1S/C8H16O3.C2H4O2/c1-7(9)11-6-5-8(2,3)10-4;1-2(3)4/h5-6H2,1-4H3;1H3,(H,3,4). The zero-order valence-corrected chi connectivity index (χ0v) is 9.99. The van der Waals surface area contributed by atoms with Gasteiger partial charge in [0.1, 0.15) is 0 Å². The molecule has 0 aromatic rings. The number of carboxylic acid groups (broad SMARTS) is 1. The highest BCUT2D eigenvalue weighted by Crippen LogP contribution is 2.12. The third-order valence-electron chi connectivity index (χ3n) is 1.56. The molecule has 0 saturated carbocycles. The smallest absolute Gasteiger partial charge is 0.302 e. The quantitative estimate of drug-likeness (QED) is 0.726. The summed E-state index contributed by atoms with van der Waals surface area (Å²) >= 11 is 0. The maximum Gasteiger partial charge on any atom is 0.302 e. The zero-order valence-electron chi connectivity index (χ0n) is 9.99. The van der Waals surface area contributed by atoms with Crippen LogP contribution in [-0.4, -0.2) is 36.4 Å². The molecule has 1 N–H and O–H groups in total. The van der Waals surface area contributed by atoms with Crippen LogP contribution in [0.5, 0.6) is 0 Å². The molecule has 0 heterocycles. The van der Waals surface area contributed by atoms with Crippen molar-refractivity contribution >= 4 is 11.9 Å². The van der Waals surface area contributed by atoms with Crippen molar-refractivity contribution in [3.63, 3.8) is 0 Å². The van der Waals surface area contributed by atoms with E-state index >= 15 is 0 Å². The minimum atomic E-state index is -0.833. The Morgan fingerprint density at radius 3 is 1.93 bits per heavy atom. The topological polar surface area (TPSA) is 72.8 Å². The first-order valence-corrected chi connectivity index (χ1v) is 4.59. The highest BCUT2D eigenvalue weighted by molar-refractivity contribution is 5.65. The van der Waals surface area contributed by atoms with E-state index in [4.69, 9.17) is 19.4 Å². The molecule has 0 unspecified atom stereocenters. The second kappa shape index (κ2) is 8.23. The largest absolute Gasteiger partial charge is 0.481 e. The van der Waals surface area contributed by atoms with E-state index in [2.05, 4.69) is 0 Å². The Morgan fingerprint density at radius 1 is 1.27 bits per heavy atom. The molecule has 0 spiro atoms. The van der Waals surface area contributed by atoms with Crippen molar-refractivity contribution in [2.24, 2.45) is 0 Å². The Bertz CT molecular complexity index is 194. The molecule has 0 fully saturated rings. The van der Waals surface area contributed by atoms with Crippen LogP contribution in [0.15, 0.2) is 0 Å². The average molecular weight is 220 g/mol. The maximum absolute atomic E-state index is 10.4. The Hall–Kier alpha value is -1.10. The van der Waals surface area contributed by atoms with Gasteiger partial charge in [0.15, 0.2) is 0 Å². The van der Waals surface area contributed by atoms with Gasteiger partial charge in [-0.25, -0.2) is 0 Å². The number of rotatable bonds is 4. The number of carboxylic acids is 1. The Balaban J connectivity index is 0. The van der Waals surface area contributed by atoms with Gasteiger partial charge in [0.25, 0.3) is 5.97 Å². The SMILES string of the molecule is CC(=O)O.COC(C)(C)CCOC(C)=O. The van der Waals surface area contributed by atoms with Gasteiger partial charge in [0, 0.05) is 27.4 Å². The first kappa shape index (κ1) is 16.3. The first-order valence-electron chi connectivity index (χ1n) is 4.59.